The lowest BCUT2D eigenvalue weighted by Crippen LogP contribution is -2.47. The Balaban J connectivity index is 1.92. The highest BCUT2D eigenvalue weighted by atomic mass is 16.5. The Kier molecular flexibility index (Phi) is 5.52. The maximum atomic E-state index is 12.3. The number of carbonyl (C=O) groups excluding carboxylic acids is 1. The van der Waals surface area contributed by atoms with Gasteiger partial charge in [0, 0.05) is 0 Å². The third-order valence-electron chi connectivity index (χ3n) is 3.38. The Hall–Kier alpha value is -2.37. The number of para-hydroxylation sites is 1. The molecule has 0 saturated carbocycles. The van der Waals surface area contributed by atoms with Crippen molar-refractivity contribution >= 4 is 5.91 Å². The average Bonchev–Trinajstić information content (AvgIpc) is 3.00. The first kappa shape index (κ1) is 16.0. The molecule has 2 rings (SSSR count). The molecule has 1 N–H and O–H groups in total. The minimum Gasteiger partial charge on any atom is -0.481 e. The van der Waals surface area contributed by atoms with E-state index in [0.717, 1.165) is 0 Å². The van der Waals surface area contributed by atoms with Crippen molar-refractivity contribution in [2.24, 2.45) is 5.92 Å². The summed E-state index contributed by atoms with van der Waals surface area (Å²) in [6.07, 6.45) is 2.69. The minimum atomic E-state index is -0.561. The monoisotopic (exact) mass is 302 g/mol. The first-order valence-electron chi connectivity index (χ1n) is 7.42. The van der Waals surface area contributed by atoms with Crippen molar-refractivity contribution in [3.05, 3.63) is 42.7 Å². The van der Waals surface area contributed by atoms with Gasteiger partial charge in [0.25, 0.3) is 5.91 Å². The molecule has 0 fully saturated rings. The number of carbonyl (C=O) groups is 1. The number of ether oxygens (including phenoxy) is 1. The van der Waals surface area contributed by atoms with E-state index in [1.165, 1.54) is 0 Å². The summed E-state index contributed by atoms with van der Waals surface area (Å²) in [5.41, 5.74) is 0. The molecule has 1 amide bonds. The average molecular weight is 302 g/mol. The van der Waals surface area contributed by atoms with E-state index >= 15 is 0 Å². The first-order valence-corrected chi connectivity index (χ1v) is 7.42. The van der Waals surface area contributed by atoms with Crippen LogP contribution in [-0.4, -0.2) is 33.0 Å². The Morgan fingerprint density at radius 2 is 1.82 bits per heavy atom. The van der Waals surface area contributed by atoms with E-state index in [-0.39, 0.29) is 17.9 Å². The zero-order valence-corrected chi connectivity index (χ0v) is 13.1. The van der Waals surface area contributed by atoms with Crippen LogP contribution in [0.2, 0.25) is 0 Å². The van der Waals surface area contributed by atoms with Crippen LogP contribution < -0.4 is 10.1 Å². The molecule has 2 unspecified atom stereocenters. The third-order valence-corrected chi connectivity index (χ3v) is 3.38. The van der Waals surface area contributed by atoms with Crippen LogP contribution in [0.5, 0.6) is 5.75 Å². The van der Waals surface area contributed by atoms with Gasteiger partial charge < -0.3 is 10.1 Å². The lowest BCUT2D eigenvalue weighted by molar-refractivity contribution is -0.128. The molecule has 6 nitrogen and oxygen atoms in total. The summed E-state index contributed by atoms with van der Waals surface area (Å²) in [6, 6.07) is 9.26. The Morgan fingerprint density at radius 1 is 1.18 bits per heavy atom. The van der Waals surface area contributed by atoms with Crippen molar-refractivity contribution in [1.29, 1.82) is 0 Å². The first-order chi connectivity index (χ1) is 10.6. The quantitative estimate of drug-likeness (QED) is 0.848. The van der Waals surface area contributed by atoms with Gasteiger partial charge in [-0.3, -0.25) is 4.79 Å². The van der Waals surface area contributed by atoms with E-state index in [1.807, 2.05) is 30.3 Å². The predicted octanol–water partition coefficient (Wildman–Crippen LogP) is 1.89. The highest BCUT2D eigenvalue weighted by molar-refractivity contribution is 5.81. The molecule has 6 heteroatoms. The molecule has 2 atom stereocenters. The molecule has 0 aliphatic heterocycles. The van der Waals surface area contributed by atoms with E-state index < -0.39 is 6.10 Å². The lowest BCUT2D eigenvalue weighted by Gasteiger charge is -2.24. The van der Waals surface area contributed by atoms with Crippen LogP contribution in [0, 0.1) is 5.92 Å². The van der Waals surface area contributed by atoms with Crippen LogP contribution in [-0.2, 0) is 11.3 Å². The molecule has 0 spiro atoms. The van der Waals surface area contributed by atoms with Crippen molar-refractivity contribution in [1.82, 2.24) is 20.3 Å². The smallest absolute Gasteiger partial charge is 0.261 e. The van der Waals surface area contributed by atoms with Crippen molar-refractivity contribution in [2.75, 3.05) is 0 Å². The molecule has 0 radical (unpaired) electrons. The summed E-state index contributed by atoms with van der Waals surface area (Å²) in [5, 5.41) is 11.2. The van der Waals surface area contributed by atoms with Crippen LogP contribution in [0.1, 0.15) is 20.8 Å². The van der Waals surface area contributed by atoms with E-state index in [4.69, 9.17) is 4.74 Å². The second kappa shape index (κ2) is 7.59. The number of nitrogens with one attached hydrogen (secondary N) is 1. The standard InChI is InChI=1S/C16H22N4O2/c1-12(2)15(11-20-17-9-10-18-20)19-16(21)13(3)22-14-7-5-4-6-8-14/h4-10,12-13,15H,11H2,1-3H3,(H,19,21). The van der Waals surface area contributed by atoms with Gasteiger partial charge in [-0.2, -0.15) is 15.0 Å². The number of rotatable bonds is 7. The van der Waals surface area contributed by atoms with Crippen LogP contribution >= 0.6 is 0 Å². The van der Waals surface area contributed by atoms with Gasteiger partial charge in [-0.05, 0) is 25.0 Å². The van der Waals surface area contributed by atoms with E-state index in [0.29, 0.717) is 12.3 Å². The van der Waals surface area contributed by atoms with Gasteiger partial charge in [0.15, 0.2) is 6.10 Å². The molecule has 118 valence electrons. The maximum Gasteiger partial charge on any atom is 0.261 e. The van der Waals surface area contributed by atoms with Gasteiger partial charge in [-0.25, -0.2) is 0 Å². The van der Waals surface area contributed by atoms with Gasteiger partial charge in [-0.15, -0.1) is 0 Å². The molecular weight excluding hydrogens is 280 g/mol. The Morgan fingerprint density at radius 3 is 2.41 bits per heavy atom. The summed E-state index contributed by atoms with van der Waals surface area (Å²) in [4.78, 5) is 13.9. The van der Waals surface area contributed by atoms with Gasteiger partial charge in [0.05, 0.1) is 25.0 Å². The largest absolute Gasteiger partial charge is 0.481 e. The van der Waals surface area contributed by atoms with Gasteiger partial charge in [0.2, 0.25) is 0 Å². The number of benzene rings is 1. The maximum absolute atomic E-state index is 12.3. The molecule has 0 aliphatic carbocycles. The van der Waals surface area contributed by atoms with Crippen LogP contribution in [0.25, 0.3) is 0 Å². The van der Waals surface area contributed by atoms with E-state index in [2.05, 4.69) is 29.4 Å². The fraction of sp³-hybridized carbons (Fsp3) is 0.438. The van der Waals surface area contributed by atoms with Crippen molar-refractivity contribution in [3.63, 3.8) is 0 Å². The zero-order chi connectivity index (χ0) is 15.9. The predicted molar refractivity (Wildman–Crippen MR) is 83.3 cm³/mol. The Bertz CT molecular complexity index is 569. The Labute approximate surface area is 130 Å². The summed E-state index contributed by atoms with van der Waals surface area (Å²) in [6.45, 7) is 6.38. The summed E-state index contributed by atoms with van der Waals surface area (Å²) in [7, 11) is 0. The molecule has 1 aromatic carbocycles. The van der Waals surface area contributed by atoms with Crippen LogP contribution in [0.3, 0.4) is 0 Å². The number of amides is 1. The highest BCUT2D eigenvalue weighted by Crippen LogP contribution is 2.11. The van der Waals surface area contributed by atoms with Gasteiger partial charge in [-0.1, -0.05) is 32.0 Å². The molecule has 1 heterocycles. The molecular formula is C16H22N4O2. The minimum absolute atomic E-state index is 0.0540. The number of hydrogen-bond donors (Lipinski definition) is 1. The molecule has 0 saturated heterocycles. The lowest BCUT2D eigenvalue weighted by atomic mass is 10.0. The molecule has 1 aromatic heterocycles. The molecule has 2 aromatic rings. The SMILES string of the molecule is CC(Oc1ccccc1)C(=O)NC(Cn1nccn1)C(C)C. The van der Waals surface area contributed by atoms with Crippen LogP contribution in [0.4, 0.5) is 0 Å². The number of nitrogens with zero attached hydrogens (tertiary/aromatic N) is 3. The molecule has 22 heavy (non-hydrogen) atoms. The zero-order valence-electron chi connectivity index (χ0n) is 13.1. The summed E-state index contributed by atoms with van der Waals surface area (Å²) < 4.78 is 5.64. The van der Waals surface area contributed by atoms with E-state index in [9.17, 15) is 4.79 Å². The van der Waals surface area contributed by atoms with Gasteiger partial charge >= 0.3 is 0 Å². The van der Waals surface area contributed by atoms with Gasteiger partial charge in [0.1, 0.15) is 5.75 Å². The topological polar surface area (TPSA) is 69.0 Å². The molecule has 0 aliphatic rings. The summed E-state index contributed by atoms with van der Waals surface area (Å²) in [5.74, 6) is 0.800. The van der Waals surface area contributed by atoms with Crippen molar-refractivity contribution in [3.8, 4) is 5.75 Å². The second-order valence-electron chi connectivity index (χ2n) is 5.52. The fourth-order valence-corrected chi connectivity index (χ4v) is 1.99. The highest BCUT2D eigenvalue weighted by Gasteiger charge is 2.22. The number of aromatic nitrogens is 3. The van der Waals surface area contributed by atoms with Crippen molar-refractivity contribution < 1.29 is 9.53 Å². The second-order valence-corrected chi connectivity index (χ2v) is 5.52. The van der Waals surface area contributed by atoms with E-state index in [1.54, 1.807) is 24.1 Å². The third kappa shape index (κ3) is 4.58. The van der Waals surface area contributed by atoms with Crippen LogP contribution in [0.15, 0.2) is 42.7 Å². The normalized spacial score (nSPS) is 13.6. The van der Waals surface area contributed by atoms with Crippen molar-refractivity contribution in [2.45, 2.75) is 39.5 Å². The number of hydrogen-bond acceptors (Lipinski definition) is 4. The summed E-state index contributed by atoms with van der Waals surface area (Å²) >= 11 is 0. The fourth-order valence-electron chi connectivity index (χ4n) is 1.99. The molecule has 0 bridgehead atoms.